The van der Waals surface area contributed by atoms with Crippen LogP contribution in [0.5, 0.6) is 0 Å². The maximum Gasteiger partial charge on any atom is 0.0952 e. The molecule has 2 rings (SSSR count). The highest BCUT2D eigenvalue weighted by Crippen LogP contribution is 2.29. The van der Waals surface area contributed by atoms with Gasteiger partial charge in [-0.1, -0.05) is 0 Å². The Hall–Kier alpha value is -0.650. The molecule has 0 radical (unpaired) electrons. The van der Waals surface area contributed by atoms with Gasteiger partial charge in [-0.15, -0.1) is 11.3 Å². The van der Waals surface area contributed by atoms with E-state index in [-0.39, 0.29) is 12.1 Å². The van der Waals surface area contributed by atoms with Crippen molar-refractivity contribution in [3.8, 4) is 0 Å². The molecule has 0 spiro atoms. The number of thiophene rings is 1. The molecule has 0 amide bonds. The second-order valence-corrected chi connectivity index (χ2v) is 5.34. The Kier molecular flexibility index (Phi) is 3.23. The quantitative estimate of drug-likeness (QED) is 0.942. The second-order valence-electron chi connectivity index (χ2n) is 3.48. The van der Waals surface area contributed by atoms with Crippen molar-refractivity contribution in [3.05, 3.63) is 39.5 Å². The summed E-state index contributed by atoms with van der Waals surface area (Å²) >= 11 is 5.17. The standard InChI is InChI=1S/C10H12BrN3S/c1-7(12)10(14-3-2-13-6-14)9-4-8(11)5-15-9/h2-7,10H,12H2,1H3. The van der Waals surface area contributed by atoms with E-state index in [0.29, 0.717) is 0 Å². The number of hydrogen-bond donors (Lipinski definition) is 1. The smallest absolute Gasteiger partial charge is 0.0952 e. The summed E-state index contributed by atoms with van der Waals surface area (Å²) < 4.78 is 3.15. The largest absolute Gasteiger partial charge is 0.328 e. The summed E-state index contributed by atoms with van der Waals surface area (Å²) in [4.78, 5) is 5.30. The van der Waals surface area contributed by atoms with E-state index in [1.165, 1.54) is 4.88 Å². The van der Waals surface area contributed by atoms with Crippen LogP contribution in [0.25, 0.3) is 0 Å². The number of hydrogen-bond acceptors (Lipinski definition) is 3. The Morgan fingerprint density at radius 3 is 2.87 bits per heavy atom. The molecule has 0 aliphatic carbocycles. The minimum absolute atomic E-state index is 0.0600. The third kappa shape index (κ3) is 2.30. The number of imidazole rings is 1. The maximum atomic E-state index is 6.01. The summed E-state index contributed by atoms with van der Waals surface area (Å²) in [5.74, 6) is 0. The number of aromatic nitrogens is 2. The lowest BCUT2D eigenvalue weighted by molar-refractivity contribution is 0.503. The highest BCUT2D eigenvalue weighted by atomic mass is 79.9. The third-order valence-corrected chi connectivity index (χ3v) is 3.99. The van der Waals surface area contributed by atoms with Crippen LogP contribution in [-0.2, 0) is 0 Å². The molecule has 80 valence electrons. The molecule has 0 saturated heterocycles. The SMILES string of the molecule is CC(N)C(c1cc(Br)cs1)n1ccnc1. The summed E-state index contributed by atoms with van der Waals surface area (Å²) in [5.41, 5.74) is 6.01. The van der Waals surface area contributed by atoms with Gasteiger partial charge in [0.05, 0.1) is 12.4 Å². The Morgan fingerprint density at radius 1 is 1.60 bits per heavy atom. The molecule has 0 bridgehead atoms. The third-order valence-electron chi connectivity index (χ3n) is 2.22. The summed E-state index contributed by atoms with van der Waals surface area (Å²) in [6.07, 6.45) is 5.53. The van der Waals surface area contributed by atoms with Crippen molar-refractivity contribution < 1.29 is 0 Å². The average Bonchev–Trinajstić information content (AvgIpc) is 2.77. The molecule has 0 aliphatic rings. The summed E-state index contributed by atoms with van der Waals surface area (Å²) in [5, 5.41) is 2.07. The molecule has 2 aromatic heterocycles. The number of nitrogens with two attached hydrogens (primary N) is 1. The monoisotopic (exact) mass is 285 g/mol. The molecule has 2 heterocycles. The molecule has 5 heteroatoms. The van der Waals surface area contributed by atoms with Crippen LogP contribution in [0.15, 0.2) is 34.6 Å². The average molecular weight is 286 g/mol. The highest BCUT2D eigenvalue weighted by molar-refractivity contribution is 9.10. The van der Waals surface area contributed by atoms with Crippen molar-refractivity contribution in [1.82, 2.24) is 9.55 Å². The van der Waals surface area contributed by atoms with Gasteiger partial charge < -0.3 is 10.3 Å². The van der Waals surface area contributed by atoms with Crippen LogP contribution in [0, 0.1) is 0 Å². The molecule has 2 N–H and O–H groups in total. The fraction of sp³-hybridized carbons (Fsp3) is 0.300. The van der Waals surface area contributed by atoms with Crippen LogP contribution >= 0.6 is 27.3 Å². The number of rotatable bonds is 3. The Morgan fingerprint density at radius 2 is 2.40 bits per heavy atom. The molecule has 0 aliphatic heterocycles. The predicted octanol–water partition coefficient (Wildman–Crippen LogP) is 2.64. The van der Waals surface area contributed by atoms with Gasteiger partial charge in [-0.2, -0.15) is 0 Å². The molecular weight excluding hydrogens is 274 g/mol. The van der Waals surface area contributed by atoms with Gasteiger partial charge in [0.15, 0.2) is 0 Å². The lowest BCUT2D eigenvalue weighted by Crippen LogP contribution is -2.28. The van der Waals surface area contributed by atoms with Crippen molar-refractivity contribution in [3.63, 3.8) is 0 Å². The van der Waals surface area contributed by atoms with Crippen molar-refractivity contribution in [1.29, 1.82) is 0 Å². The second kappa shape index (κ2) is 4.47. The highest BCUT2D eigenvalue weighted by Gasteiger charge is 2.19. The fourth-order valence-electron chi connectivity index (χ4n) is 1.59. The lowest BCUT2D eigenvalue weighted by Gasteiger charge is -2.20. The van der Waals surface area contributed by atoms with Gasteiger partial charge in [0.25, 0.3) is 0 Å². The molecule has 2 unspecified atom stereocenters. The van der Waals surface area contributed by atoms with Gasteiger partial charge in [-0.05, 0) is 28.9 Å². The van der Waals surface area contributed by atoms with Crippen LogP contribution in [0.1, 0.15) is 17.8 Å². The van der Waals surface area contributed by atoms with Crippen molar-refractivity contribution in [2.24, 2.45) is 5.73 Å². The first-order valence-corrected chi connectivity index (χ1v) is 6.32. The lowest BCUT2D eigenvalue weighted by atomic mass is 10.1. The van der Waals surface area contributed by atoms with Crippen molar-refractivity contribution in [2.45, 2.75) is 19.0 Å². The van der Waals surface area contributed by atoms with E-state index >= 15 is 0 Å². The van der Waals surface area contributed by atoms with E-state index in [9.17, 15) is 0 Å². The van der Waals surface area contributed by atoms with Crippen LogP contribution in [0.2, 0.25) is 0 Å². The molecule has 15 heavy (non-hydrogen) atoms. The first-order valence-electron chi connectivity index (χ1n) is 4.65. The van der Waals surface area contributed by atoms with Gasteiger partial charge in [0.1, 0.15) is 0 Å². The topological polar surface area (TPSA) is 43.8 Å². The number of nitrogens with zero attached hydrogens (tertiary/aromatic N) is 2. The summed E-state index contributed by atoms with van der Waals surface area (Å²) in [7, 11) is 0. The van der Waals surface area contributed by atoms with Crippen LogP contribution in [-0.4, -0.2) is 15.6 Å². The van der Waals surface area contributed by atoms with Gasteiger partial charge in [-0.3, -0.25) is 0 Å². The normalized spacial score (nSPS) is 15.1. The van der Waals surface area contributed by atoms with Gasteiger partial charge in [0, 0.05) is 33.2 Å². The van der Waals surface area contributed by atoms with Gasteiger partial charge in [-0.25, -0.2) is 4.98 Å². The van der Waals surface area contributed by atoms with Crippen molar-refractivity contribution >= 4 is 27.3 Å². The zero-order valence-electron chi connectivity index (χ0n) is 8.30. The summed E-state index contributed by atoms with van der Waals surface area (Å²) in [6.45, 7) is 2.01. The zero-order valence-corrected chi connectivity index (χ0v) is 10.7. The molecular formula is C10H12BrN3S. The minimum Gasteiger partial charge on any atom is -0.328 e. The first kappa shape index (κ1) is 10.9. The maximum absolute atomic E-state index is 6.01. The minimum atomic E-state index is 0.0600. The van der Waals surface area contributed by atoms with Crippen LogP contribution in [0.4, 0.5) is 0 Å². The van der Waals surface area contributed by atoms with E-state index in [2.05, 4.69) is 32.4 Å². The molecule has 3 nitrogen and oxygen atoms in total. The van der Waals surface area contributed by atoms with Crippen LogP contribution in [0.3, 0.4) is 0 Å². The number of halogens is 1. The Balaban J connectivity index is 2.36. The Labute approximate surface area is 101 Å². The molecule has 0 saturated carbocycles. The van der Waals surface area contributed by atoms with Gasteiger partial charge >= 0.3 is 0 Å². The van der Waals surface area contributed by atoms with E-state index in [1.807, 2.05) is 24.0 Å². The molecule has 0 aromatic carbocycles. The predicted molar refractivity (Wildman–Crippen MR) is 66.0 cm³/mol. The van der Waals surface area contributed by atoms with E-state index < -0.39 is 0 Å². The Bertz CT molecular complexity index is 422. The molecule has 0 fully saturated rings. The fourth-order valence-corrected chi connectivity index (χ4v) is 3.26. The molecule has 2 aromatic rings. The summed E-state index contributed by atoms with van der Waals surface area (Å²) in [6, 6.07) is 2.34. The van der Waals surface area contributed by atoms with E-state index in [4.69, 9.17) is 5.73 Å². The first-order chi connectivity index (χ1) is 7.18. The molecule has 2 atom stereocenters. The van der Waals surface area contributed by atoms with Gasteiger partial charge in [0.2, 0.25) is 0 Å². The van der Waals surface area contributed by atoms with E-state index in [1.54, 1.807) is 17.5 Å². The van der Waals surface area contributed by atoms with Crippen molar-refractivity contribution in [2.75, 3.05) is 0 Å². The van der Waals surface area contributed by atoms with E-state index in [0.717, 1.165) is 4.47 Å². The zero-order chi connectivity index (χ0) is 10.8. The van der Waals surface area contributed by atoms with Crippen LogP contribution < -0.4 is 5.73 Å².